The van der Waals surface area contributed by atoms with Crippen LogP contribution in [-0.2, 0) is 4.79 Å². The van der Waals surface area contributed by atoms with Gasteiger partial charge in [-0.15, -0.1) is 0 Å². The molecular formula is C19H14Br2I2N2O2. The minimum Gasteiger partial charge on any atom is -0.492 e. The van der Waals surface area contributed by atoms with Crippen molar-refractivity contribution in [2.75, 3.05) is 11.9 Å². The third kappa shape index (κ3) is 5.92. The lowest BCUT2D eigenvalue weighted by Gasteiger charge is -2.11. The summed E-state index contributed by atoms with van der Waals surface area (Å²) < 4.78 is 8.96. The van der Waals surface area contributed by atoms with Crippen LogP contribution >= 0.6 is 77.0 Å². The molecule has 0 spiro atoms. The van der Waals surface area contributed by atoms with E-state index in [-0.39, 0.29) is 5.57 Å². The maximum Gasteiger partial charge on any atom is 0.266 e. The van der Waals surface area contributed by atoms with Gasteiger partial charge in [-0.2, -0.15) is 5.26 Å². The zero-order chi connectivity index (χ0) is 20.1. The number of nitriles is 1. The van der Waals surface area contributed by atoms with Gasteiger partial charge in [-0.05, 0) is 132 Å². The van der Waals surface area contributed by atoms with E-state index < -0.39 is 5.91 Å². The van der Waals surface area contributed by atoms with Gasteiger partial charge in [-0.3, -0.25) is 4.79 Å². The summed E-state index contributed by atoms with van der Waals surface area (Å²) in [5.41, 5.74) is 2.41. The van der Waals surface area contributed by atoms with Crippen LogP contribution in [0.25, 0.3) is 6.08 Å². The maximum atomic E-state index is 12.6. The number of aryl methyl sites for hydroxylation is 1. The summed E-state index contributed by atoms with van der Waals surface area (Å²) in [5, 5.41) is 12.3. The monoisotopic (exact) mass is 714 g/mol. The van der Waals surface area contributed by atoms with Crippen molar-refractivity contribution in [2.45, 2.75) is 13.8 Å². The zero-order valence-corrected chi connectivity index (χ0v) is 21.9. The molecule has 0 heterocycles. The molecule has 0 atom stereocenters. The fourth-order valence-corrected chi connectivity index (χ4v) is 6.00. The van der Waals surface area contributed by atoms with E-state index in [1.54, 1.807) is 6.08 Å². The molecule has 27 heavy (non-hydrogen) atoms. The normalized spacial score (nSPS) is 11.1. The summed E-state index contributed by atoms with van der Waals surface area (Å²) in [7, 11) is 0. The van der Waals surface area contributed by atoms with Crippen LogP contribution in [0.15, 0.2) is 38.8 Å². The Morgan fingerprint density at radius 3 is 2.26 bits per heavy atom. The van der Waals surface area contributed by atoms with Crippen molar-refractivity contribution >= 4 is 94.7 Å². The molecule has 1 N–H and O–H groups in total. The molecule has 0 radical (unpaired) electrons. The number of nitrogens with zero attached hydrogens (tertiary/aromatic N) is 1. The number of amides is 1. The molecule has 0 aliphatic heterocycles. The highest BCUT2D eigenvalue weighted by atomic mass is 127. The van der Waals surface area contributed by atoms with Crippen LogP contribution in [-0.4, -0.2) is 12.5 Å². The van der Waals surface area contributed by atoms with E-state index in [4.69, 9.17) is 4.74 Å². The molecule has 0 aliphatic carbocycles. The fourth-order valence-electron chi connectivity index (χ4n) is 2.26. The zero-order valence-electron chi connectivity index (χ0n) is 14.4. The van der Waals surface area contributed by atoms with Gasteiger partial charge < -0.3 is 10.1 Å². The number of rotatable bonds is 5. The molecule has 0 aliphatic rings. The summed E-state index contributed by atoms with van der Waals surface area (Å²) in [5.74, 6) is 0.341. The first-order valence-electron chi connectivity index (χ1n) is 7.77. The van der Waals surface area contributed by atoms with Crippen molar-refractivity contribution in [3.8, 4) is 11.8 Å². The lowest BCUT2D eigenvalue weighted by atomic mass is 10.1. The van der Waals surface area contributed by atoms with E-state index in [9.17, 15) is 10.1 Å². The van der Waals surface area contributed by atoms with E-state index in [0.717, 1.165) is 33.0 Å². The Kier molecular flexibility index (Phi) is 8.58. The highest BCUT2D eigenvalue weighted by molar-refractivity contribution is 14.1. The summed E-state index contributed by atoms with van der Waals surface area (Å²) >= 11 is 11.3. The molecule has 4 nitrogen and oxygen atoms in total. The average Bonchev–Trinajstić information content (AvgIpc) is 2.59. The average molecular weight is 716 g/mol. The van der Waals surface area contributed by atoms with Gasteiger partial charge >= 0.3 is 0 Å². The maximum absolute atomic E-state index is 12.6. The first kappa shape index (κ1) is 22.6. The molecule has 0 saturated carbocycles. The Morgan fingerprint density at radius 2 is 1.78 bits per heavy atom. The number of nitrogens with one attached hydrogen (secondary N) is 1. The van der Waals surface area contributed by atoms with E-state index >= 15 is 0 Å². The molecule has 0 saturated heterocycles. The molecule has 8 heteroatoms. The lowest BCUT2D eigenvalue weighted by Crippen LogP contribution is -2.14. The minimum absolute atomic E-state index is 0.0186. The number of carbonyl (C=O) groups excluding carboxylic acids is 1. The number of halogens is 4. The van der Waals surface area contributed by atoms with Gasteiger partial charge in [0.15, 0.2) is 0 Å². The van der Waals surface area contributed by atoms with Crippen LogP contribution in [0.1, 0.15) is 18.1 Å². The smallest absolute Gasteiger partial charge is 0.266 e. The standard InChI is InChI=1S/C19H14Br2I2N2O2/c1-3-27-18-15(22)7-11(8-16(18)23)6-12(9-24)19(26)25-17-13(20)4-10(2)5-14(17)21/h4-8H,3H2,1-2H3,(H,25,26)/b12-6+. The van der Waals surface area contributed by atoms with Gasteiger partial charge in [0.2, 0.25) is 0 Å². The van der Waals surface area contributed by atoms with E-state index in [0.29, 0.717) is 12.3 Å². The number of anilines is 1. The predicted octanol–water partition coefficient (Wildman–Crippen LogP) is 6.67. The third-order valence-corrected chi connectivity index (χ3v) is 6.26. The number of hydrogen-bond donors (Lipinski definition) is 1. The summed E-state index contributed by atoms with van der Waals surface area (Å²) in [6, 6.07) is 9.54. The van der Waals surface area contributed by atoms with Crippen molar-refractivity contribution < 1.29 is 9.53 Å². The SMILES string of the molecule is CCOc1c(I)cc(/C=C(\C#N)C(=O)Nc2c(Br)cc(C)cc2Br)cc1I. The highest BCUT2D eigenvalue weighted by Crippen LogP contribution is 2.33. The first-order chi connectivity index (χ1) is 12.8. The molecule has 2 aromatic rings. The van der Waals surface area contributed by atoms with Gasteiger partial charge in [0.1, 0.15) is 17.4 Å². The second-order valence-corrected chi connectivity index (χ2v) is 9.51. The fraction of sp³-hybridized carbons (Fsp3) is 0.158. The van der Waals surface area contributed by atoms with E-state index in [1.165, 1.54) is 0 Å². The minimum atomic E-state index is -0.471. The molecule has 0 bridgehead atoms. The van der Waals surface area contributed by atoms with Crippen LogP contribution in [0, 0.1) is 25.4 Å². The Labute approximate surface area is 202 Å². The van der Waals surface area contributed by atoms with Crippen molar-refractivity contribution in [1.82, 2.24) is 0 Å². The molecule has 2 rings (SSSR count). The van der Waals surface area contributed by atoms with Gasteiger partial charge in [-0.25, -0.2) is 0 Å². The summed E-state index contributed by atoms with van der Waals surface area (Å²) in [6.45, 7) is 4.46. The predicted molar refractivity (Wildman–Crippen MR) is 132 cm³/mol. The Morgan fingerprint density at radius 1 is 1.22 bits per heavy atom. The summed E-state index contributed by atoms with van der Waals surface area (Å²) in [6.07, 6.45) is 1.57. The van der Waals surface area contributed by atoms with Crippen LogP contribution in [0.4, 0.5) is 5.69 Å². The second kappa shape index (κ2) is 10.2. The van der Waals surface area contributed by atoms with Gasteiger partial charge in [-0.1, -0.05) is 0 Å². The van der Waals surface area contributed by atoms with Crippen LogP contribution in [0.5, 0.6) is 5.75 Å². The molecule has 0 fully saturated rings. The van der Waals surface area contributed by atoms with Gasteiger partial charge in [0.25, 0.3) is 5.91 Å². The Bertz CT molecular complexity index is 923. The number of ether oxygens (including phenoxy) is 1. The van der Waals surface area contributed by atoms with E-state index in [2.05, 4.69) is 82.4 Å². The van der Waals surface area contributed by atoms with Gasteiger partial charge in [0, 0.05) is 8.95 Å². The van der Waals surface area contributed by atoms with Crippen molar-refractivity contribution in [2.24, 2.45) is 0 Å². The molecule has 0 unspecified atom stereocenters. The molecule has 0 aromatic heterocycles. The molecule has 140 valence electrons. The molecule has 1 amide bonds. The summed E-state index contributed by atoms with van der Waals surface area (Å²) in [4.78, 5) is 12.6. The van der Waals surface area contributed by atoms with E-state index in [1.807, 2.05) is 44.2 Å². The van der Waals surface area contributed by atoms with Gasteiger partial charge in [0.05, 0.1) is 19.4 Å². The Balaban J connectivity index is 2.34. The number of carbonyl (C=O) groups is 1. The highest BCUT2D eigenvalue weighted by Gasteiger charge is 2.15. The lowest BCUT2D eigenvalue weighted by molar-refractivity contribution is -0.112. The van der Waals surface area contributed by atoms with Crippen LogP contribution < -0.4 is 10.1 Å². The quantitative estimate of drug-likeness (QED) is 0.214. The van der Waals surface area contributed by atoms with Crippen LogP contribution in [0.3, 0.4) is 0 Å². The topological polar surface area (TPSA) is 62.1 Å². The molecular weight excluding hydrogens is 702 g/mol. The second-order valence-electron chi connectivity index (χ2n) is 5.47. The Hall–Kier alpha value is -0.640. The van der Waals surface area contributed by atoms with Crippen LogP contribution in [0.2, 0.25) is 0 Å². The van der Waals surface area contributed by atoms with Crippen molar-refractivity contribution in [1.29, 1.82) is 5.26 Å². The van der Waals surface area contributed by atoms with Crippen molar-refractivity contribution in [3.63, 3.8) is 0 Å². The largest absolute Gasteiger partial charge is 0.492 e. The number of hydrogen-bond acceptors (Lipinski definition) is 3. The van der Waals surface area contributed by atoms with Crippen molar-refractivity contribution in [3.05, 3.63) is 57.1 Å². The first-order valence-corrected chi connectivity index (χ1v) is 11.5. The molecule has 2 aromatic carbocycles. The third-order valence-electron chi connectivity index (χ3n) is 3.41. The number of benzene rings is 2.